The van der Waals surface area contributed by atoms with Crippen LogP contribution in [0.3, 0.4) is 0 Å². The van der Waals surface area contributed by atoms with E-state index in [9.17, 15) is 0 Å². The van der Waals surface area contributed by atoms with Gasteiger partial charge in [-0.1, -0.05) is 13.3 Å². The first-order valence-corrected chi connectivity index (χ1v) is 11.1. The number of unbranched alkanes of at least 4 members (excludes halogenated alkanes) is 1. The zero-order chi connectivity index (χ0) is 19.1. The van der Waals surface area contributed by atoms with Gasteiger partial charge in [0.05, 0.1) is 11.4 Å². The van der Waals surface area contributed by atoms with Crippen molar-refractivity contribution in [2.24, 2.45) is 0 Å². The molecule has 0 aliphatic carbocycles. The number of hydrogen-bond donors (Lipinski definition) is 0. The van der Waals surface area contributed by atoms with Crippen molar-refractivity contribution in [2.75, 3.05) is 18.0 Å². The van der Waals surface area contributed by atoms with Crippen LogP contribution in [0.5, 0.6) is 0 Å². The number of fused-ring (bicyclic) bond motifs is 4. The van der Waals surface area contributed by atoms with Gasteiger partial charge < -0.3 is 4.90 Å². The van der Waals surface area contributed by atoms with Gasteiger partial charge in [-0.15, -0.1) is 0 Å². The topological polar surface area (TPSA) is 50.1 Å². The van der Waals surface area contributed by atoms with Gasteiger partial charge in [-0.3, -0.25) is 9.58 Å². The third kappa shape index (κ3) is 3.21. The fourth-order valence-electron chi connectivity index (χ4n) is 5.23. The first kappa shape index (κ1) is 18.1. The Balaban J connectivity index is 1.35. The second-order valence-corrected chi connectivity index (χ2v) is 8.75. The van der Waals surface area contributed by atoms with Crippen LogP contribution >= 0.6 is 0 Å². The zero-order valence-electron chi connectivity index (χ0n) is 17.3. The van der Waals surface area contributed by atoms with E-state index in [1.807, 2.05) is 0 Å². The molecule has 0 amide bonds. The average molecular weight is 381 g/mol. The Bertz CT molecular complexity index is 838. The average Bonchev–Trinajstić information content (AvgIpc) is 3.41. The predicted octanol–water partition coefficient (Wildman–Crippen LogP) is 3.64. The van der Waals surface area contributed by atoms with E-state index in [0.29, 0.717) is 12.1 Å². The monoisotopic (exact) mass is 380 g/mol. The summed E-state index contributed by atoms with van der Waals surface area (Å²) in [6, 6.07) is 1.08. The van der Waals surface area contributed by atoms with Gasteiger partial charge in [0, 0.05) is 68.2 Å². The normalized spacial score (nSPS) is 24.1. The molecule has 150 valence electrons. The van der Waals surface area contributed by atoms with E-state index in [1.54, 1.807) is 0 Å². The van der Waals surface area contributed by atoms with Gasteiger partial charge in [-0.05, 0) is 39.0 Å². The molecule has 5 heterocycles. The van der Waals surface area contributed by atoms with Crippen molar-refractivity contribution < 1.29 is 0 Å². The van der Waals surface area contributed by atoms with Crippen LogP contribution in [0.2, 0.25) is 0 Å². The molecule has 6 nitrogen and oxygen atoms in total. The molecule has 2 aromatic rings. The molecular formula is C22H32N6. The second-order valence-electron chi connectivity index (χ2n) is 8.75. The molecular weight excluding hydrogens is 348 g/mol. The van der Waals surface area contributed by atoms with Crippen LogP contribution in [0.4, 0.5) is 5.95 Å². The molecule has 3 aliphatic heterocycles. The molecule has 0 radical (unpaired) electrons. The summed E-state index contributed by atoms with van der Waals surface area (Å²) in [4.78, 5) is 14.8. The van der Waals surface area contributed by atoms with Crippen LogP contribution in [-0.4, -0.2) is 43.8 Å². The highest BCUT2D eigenvalue weighted by Crippen LogP contribution is 2.44. The van der Waals surface area contributed by atoms with Gasteiger partial charge in [0.15, 0.2) is 0 Å². The lowest BCUT2D eigenvalue weighted by atomic mass is 9.98. The fourth-order valence-corrected chi connectivity index (χ4v) is 5.23. The first-order valence-electron chi connectivity index (χ1n) is 11.1. The lowest BCUT2D eigenvalue weighted by Gasteiger charge is -2.35. The zero-order valence-corrected chi connectivity index (χ0v) is 17.3. The minimum atomic E-state index is 0.472. The number of anilines is 1. The third-order valence-corrected chi connectivity index (χ3v) is 6.85. The van der Waals surface area contributed by atoms with Gasteiger partial charge in [-0.25, -0.2) is 9.97 Å². The summed E-state index contributed by atoms with van der Waals surface area (Å²) in [6.07, 6.45) is 12.9. The maximum absolute atomic E-state index is 5.00. The third-order valence-electron chi connectivity index (χ3n) is 6.85. The van der Waals surface area contributed by atoms with E-state index < -0.39 is 0 Å². The molecule has 0 N–H and O–H groups in total. The van der Waals surface area contributed by atoms with Gasteiger partial charge in [-0.2, -0.15) is 5.10 Å². The van der Waals surface area contributed by atoms with Crippen LogP contribution in [0.25, 0.3) is 0 Å². The molecule has 0 saturated carbocycles. The highest BCUT2D eigenvalue weighted by atomic mass is 15.3. The lowest BCUT2D eigenvalue weighted by Crippen LogP contribution is -2.38. The Morgan fingerprint density at radius 1 is 1.18 bits per heavy atom. The standard InChI is InChI=1S/C22H32N6/c1-3-4-11-27-14-17(16(2)25-27)15-28-18-7-8-21(28)19-13-23-22(24-20(19)12-18)26-9-5-6-10-26/h13-14,18,21H,3-12,15H2,1-2H3/t18-,21-/m1/s1. The number of rotatable bonds is 6. The molecule has 0 unspecified atom stereocenters. The molecule has 28 heavy (non-hydrogen) atoms. The van der Waals surface area contributed by atoms with Crippen molar-refractivity contribution in [1.82, 2.24) is 24.6 Å². The second kappa shape index (κ2) is 7.47. The van der Waals surface area contributed by atoms with Crippen molar-refractivity contribution in [1.29, 1.82) is 0 Å². The van der Waals surface area contributed by atoms with Crippen LogP contribution in [0.1, 0.15) is 74.0 Å². The largest absolute Gasteiger partial charge is 0.341 e. The van der Waals surface area contributed by atoms with E-state index in [1.165, 1.54) is 61.0 Å². The van der Waals surface area contributed by atoms with E-state index in [2.05, 4.69) is 40.7 Å². The van der Waals surface area contributed by atoms with Crippen LogP contribution < -0.4 is 4.90 Å². The fraction of sp³-hybridized carbons (Fsp3) is 0.682. The Labute approximate surface area is 168 Å². The molecule has 2 aromatic heterocycles. The number of hydrogen-bond acceptors (Lipinski definition) is 5. The van der Waals surface area contributed by atoms with Crippen molar-refractivity contribution in [3.8, 4) is 0 Å². The Hall–Kier alpha value is -1.95. The summed E-state index contributed by atoms with van der Waals surface area (Å²) >= 11 is 0. The molecule has 3 aliphatic rings. The van der Waals surface area contributed by atoms with Gasteiger partial charge in [0.25, 0.3) is 0 Å². The molecule has 2 saturated heterocycles. The molecule has 6 heteroatoms. The van der Waals surface area contributed by atoms with E-state index in [4.69, 9.17) is 15.1 Å². The Morgan fingerprint density at radius 3 is 2.86 bits per heavy atom. The molecule has 2 atom stereocenters. The molecule has 2 fully saturated rings. The Kier molecular flexibility index (Phi) is 4.83. The van der Waals surface area contributed by atoms with E-state index >= 15 is 0 Å². The van der Waals surface area contributed by atoms with Crippen LogP contribution in [0.15, 0.2) is 12.4 Å². The first-order chi connectivity index (χ1) is 13.7. The summed E-state index contributed by atoms with van der Waals surface area (Å²) in [5, 5.41) is 4.74. The van der Waals surface area contributed by atoms with Gasteiger partial charge in [0.1, 0.15) is 0 Å². The molecule has 5 rings (SSSR count). The van der Waals surface area contributed by atoms with Crippen molar-refractivity contribution in [3.63, 3.8) is 0 Å². The van der Waals surface area contributed by atoms with Crippen LogP contribution in [0, 0.1) is 6.92 Å². The summed E-state index contributed by atoms with van der Waals surface area (Å²) < 4.78 is 2.14. The SMILES string of the molecule is CCCCn1cc(CN2[C@@H]3CC[C@@H]2c2cnc(N4CCCC4)nc2C3)c(C)n1. The van der Waals surface area contributed by atoms with Crippen LogP contribution in [-0.2, 0) is 19.5 Å². The highest BCUT2D eigenvalue weighted by molar-refractivity contribution is 5.38. The smallest absolute Gasteiger partial charge is 0.225 e. The summed E-state index contributed by atoms with van der Waals surface area (Å²) in [6.45, 7) is 8.64. The number of aromatic nitrogens is 4. The number of aryl methyl sites for hydroxylation is 2. The summed E-state index contributed by atoms with van der Waals surface area (Å²) in [7, 11) is 0. The number of nitrogens with zero attached hydrogens (tertiary/aromatic N) is 6. The Morgan fingerprint density at radius 2 is 2.04 bits per heavy atom. The molecule has 0 spiro atoms. The summed E-state index contributed by atoms with van der Waals surface area (Å²) in [5.74, 6) is 0.956. The van der Waals surface area contributed by atoms with Gasteiger partial charge >= 0.3 is 0 Å². The summed E-state index contributed by atoms with van der Waals surface area (Å²) in [5.41, 5.74) is 5.23. The van der Waals surface area contributed by atoms with E-state index in [-0.39, 0.29) is 0 Å². The maximum Gasteiger partial charge on any atom is 0.225 e. The van der Waals surface area contributed by atoms with Crippen molar-refractivity contribution >= 4 is 5.95 Å². The predicted molar refractivity (Wildman–Crippen MR) is 110 cm³/mol. The van der Waals surface area contributed by atoms with Gasteiger partial charge in [0.2, 0.25) is 5.95 Å². The van der Waals surface area contributed by atoms with E-state index in [0.717, 1.165) is 38.5 Å². The minimum Gasteiger partial charge on any atom is -0.341 e. The molecule has 0 aromatic carbocycles. The maximum atomic E-state index is 5.00. The minimum absolute atomic E-state index is 0.472. The quantitative estimate of drug-likeness (QED) is 0.766. The highest BCUT2D eigenvalue weighted by Gasteiger charge is 2.41. The van der Waals surface area contributed by atoms with Crippen molar-refractivity contribution in [2.45, 2.75) is 84.0 Å². The van der Waals surface area contributed by atoms with Crippen molar-refractivity contribution in [3.05, 3.63) is 34.9 Å². The lowest BCUT2D eigenvalue weighted by molar-refractivity contribution is 0.166. The molecule has 2 bridgehead atoms.